The van der Waals surface area contributed by atoms with Gasteiger partial charge in [-0.05, 0) is 32.1 Å². The molecule has 0 saturated heterocycles. The third kappa shape index (κ3) is 2.99. The molecule has 76 valence electrons. The highest BCUT2D eigenvalue weighted by Gasteiger charge is 2.31. The molecule has 1 saturated carbocycles. The standard InChI is InChI=1S/C10H19NO2/c1-4-9(8-5-6-8)11-7(2)10(12)13-3/h7-9,11H,4-6H2,1-3H3. The van der Waals surface area contributed by atoms with Crippen LogP contribution in [0.25, 0.3) is 0 Å². The largest absolute Gasteiger partial charge is 0.468 e. The van der Waals surface area contributed by atoms with Gasteiger partial charge in [0.15, 0.2) is 0 Å². The van der Waals surface area contributed by atoms with Gasteiger partial charge in [-0.3, -0.25) is 4.79 Å². The molecule has 2 unspecified atom stereocenters. The summed E-state index contributed by atoms with van der Waals surface area (Å²) in [7, 11) is 1.43. The van der Waals surface area contributed by atoms with Gasteiger partial charge in [0.2, 0.25) is 0 Å². The van der Waals surface area contributed by atoms with Crippen LogP contribution in [0.2, 0.25) is 0 Å². The van der Waals surface area contributed by atoms with Crippen LogP contribution in [-0.4, -0.2) is 25.2 Å². The monoisotopic (exact) mass is 185 g/mol. The summed E-state index contributed by atoms with van der Waals surface area (Å²) in [5, 5.41) is 3.30. The van der Waals surface area contributed by atoms with Gasteiger partial charge in [0.1, 0.15) is 6.04 Å². The number of rotatable bonds is 5. The lowest BCUT2D eigenvalue weighted by molar-refractivity contribution is -0.142. The number of carbonyl (C=O) groups is 1. The maximum Gasteiger partial charge on any atom is 0.322 e. The van der Waals surface area contributed by atoms with Crippen LogP contribution in [-0.2, 0) is 9.53 Å². The highest BCUT2D eigenvalue weighted by atomic mass is 16.5. The van der Waals surface area contributed by atoms with Crippen molar-refractivity contribution in [1.29, 1.82) is 0 Å². The Bertz CT molecular complexity index is 178. The Balaban J connectivity index is 2.31. The predicted molar refractivity (Wildman–Crippen MR) is 51.4 cm³/mol. The van der Waals surface area contributed by atoms with Gasteiger partial charge >= 0.3 is 5.97 Å². The lowest BCUT2D eigenvalue weighted by Gasteiger charge is -2.20. The predicted octanol–water partition coefficient (Wildman–Crippen LogP) is 1.33. The van der Waals surface area contributed by atoms with Crippen molar-refractivity contribution in [3.05, 3.63) is 0 Å². The highest BCUT2D eigenvalue weighted by molar-refractivity contribution is 5.75. The van der Waals surface area contributed by atoms with Crippen molar-refractivity contribution in [2.24, 2.45) is 5.92 Å². The highest BCUT2D eigenvalue weighted by Crippen LogP contribution is 2.34. The first-order valence-corrected chi connectivity index (χ1v) is 5.03. The molecule has 0 aliphatic heterocycles. The molecule has 1 rings (SSSR count). The van der Waals surface area contributed by atoms with E-state index in [1.807, 2.05) is 6.92 Å². The zero-order valence-corrected chi connectivity index (χ0v) is 8.67. The first-order chi connectivity index (χ1) is 6.19. The van der Waals surface area contributed by atoms with E-state index in [9.17, 15) is 4.79 Å². The molecule has 2 atom stereocenters. The second-order valence-corrected chi connectivity index (χ2v) is 3.76. The molecule has 13 heavy (non-hydrogen) atoms. The van der Waals surface area contributed by atoms with Gasteiger partial charge in [0.05, 0.1) is 7.11 Å². The Morgan fingerprint density at radius 3 is 2.62 bits per heavy atom. The van der Waals surface area contributed by atoms with Gasteiger partial charge in [-0.25, -0.2) is 0 Å². The van der Waals surface area contributed by atoms with Crippen LogP contribution in [0, 0.1) is 5.92 Å². The van der Waals surface area contributed by atoms with Crippen LogP contribution >= 0.6 is 0 Å². The first-order valence-electron chi connectivity index (χ1n) is 5.03. The summed E-state index contributed by atoms with van der Waals surface area (Å²) in [4.78, 5) is 11.1. The van der Waals surface area contributed by atoms with Crippen LogP contribution in [0.3, 0.4) is 0 Å². The zero-order chi connectivity index (χ0) is 9.84. The smallest absolute Gasteiger partial charge is 0.322 e. The summed E-state index contributed by atoms with van der Waals surface area (Å²) in [6.07, 6.45) is 3.70. The average molecular weight is 185 g/mol. The molecule has 0 aromatic heterocycles. The molecule has 0 heterocycles. The second-order valence-electron chi connectivity index (χ2n) is 3.76. The lowest BCUT2D eigenvalue weighted by Crippen LogP contribution is -2.42. The topological polar surface area (TPSA) is 38.3 Å². The molecule has 1 N–H and O–H groups in total. The quantitative estimate of drug-likeness (QED) is 0.657. The third-order valence-corrected chi connectivity index (χ3v) is 2.65. The number of esters is 1. The van der Waals surface area contributed by atoms with Crippen LogP contribution in [0.1, 0.15) is 33.1 Å². The maximum atomic E-state index is 11.1. The fourth-order valence-electron chi connectivity index (χ4n) is 1.65. The van der Waals surface area contributed by atoms with E-state index in [4.69, 9.17) is 0 Å². The molecular weight excluding hydrogens is 166 g/mol. The molecular formula is C10H19NO2. The van der Waals surface area contributed by atoms with Crippen molar-refractivity contribution in [3.8, 4) is 0 Å². The number of hydrogen-bond acceptors (Lipinski definition) is 3. The Hall–Kier alpha value is -0.570. The number of methoxy groups -OCH3 is 1. The van der Waals surface area contributed by atoms with Crippen molar-refractivity contribution in [1.82, 2.24) is 5.32 Å². The normalized spacial score (nSPS) is 20.8. The minimum atomic E-state index is -0.171. The van der Waals surface area contributed by atoms with Crippen LogP contribution < -0.4 is 5.32 Å². The van der Waals surface area contributed by atoms with E-state index < -0.39 is 0 Å². The van der Waals surface area contributed by atoms with E-state index in [-0.39, 0.29) is 12.0 Å². The zero-order valence-electron chi connectivity index (χ0n) is 8.67. The van der Waals surface area contributed by atoms with Gasteiger partial charge in [-0.15, -0.1) is 0 Å². The molecule has 1 aliphatic carbocycles. The van der Waals surface area contributed by atoms with Crippen LogP contribution in [0.4, 0.5) is 0 Å². The van der Waals surface area contributed by atoms with Gasteiger partial charge in [-0.2, -0.15) is 0 Å². The third-order valence-electron chi connectivity index (χ3n) is 2.65. The molecule has 0 amide bonds. The maximum absolute atomic E-state index is 11.1. The van der Waals surface area contributed by atoms with Crippen molar-refractivity contribution in [2.45, 2.75) is 45.2 Å². The number of carbonyl (C=O) groups excluding carboxylic acids is 1. The molecule has 0 spiro atoms. The molecule has 0 radical (unpaired) electrons. The minimum Gasteiger partial charge on any atom is -0.468 e. The second kappa shape index (κ2) is 4.61. The fraction of sp³-hybridized carbons (Fsp3) is 0.900. The van der Waals surface area contributed by atoms with E-state index >= 15 is 0 Å². The molecule has 1 aliphatic rings. The van der Waals surface area contributed by atoms with E-state index in [1.54, 1.807) is 0 Å². The fourth-order valence-corrected chi connectivity index (χ4v) is 1.65. The van der Waals surface area contributed by atoms with E-state index in [0.29, 0.717) is 6.04 Å². The van der Waals surface area contributed by atoms with Gasteiger partial charge in [0, 0.05) is 6.04 Å². The number of hydrogen-bond donors (Lipinski definition) is 1. The average Bonchev–Trinajstić information content (AvgIpc) is 2.95. The Morgan fingerprint density at radius 2 is 2.23 bits per heavy atom. The number of ether oxygens (including phenoxy) is 1. The summed E-state index contributed by atoms with van der Waals surface area (Å²) in [5.41, 5.74) is 0. The Kier molecular flexibility index (Phi) is 3.72. The molecule has 1 fully saturated rings. The van der Waals surface area contributed by atoms with Gasteiger partial charge in [-0.1, -0.05) is 6.92 Å². The van der Waals surface area contributed by atoms with Crippen LogP contribution in [0.5, 0.6) is 0 Å². The summed E-state index contributed by atoms with van der Waals surface area (Å²) >= 11 is 0. The molecule has 3 nitrogen and oxygen atoms in total. The molecule has 3 heteroatoms. The van der Waals surface area contributed by atoms with Crippen LogP contribution in [0.15, 0.2) is 0 Å². The minimum absolute atomic E-state index is 0.167. The molecule has 0 aromatic rings. The van der Waals surface area contributed by atoms with Crippen molar-refractivity contribution in [3.63, 3.8) is 0 Å². The van der Waals surface area contributed by atoms with Gasteiger partial charge < -0.3 is 10.1 Å². The first kappa shape index (κ1) is 10.5. The summed E-state index contributed by atoms with van der Waals surface area (Å²) in [5.74, 6) is 0.621. The molecule has 0 aromatic carbocycles. The summed E-state index contributed by atoms with van der Waals surface area (Å²) in [6, 6.07) is 0.324. The molecule has 0 bridgehead atoms. The summed E-state index contributed by atoms with van der Waals surface area (Å²) in [6.45, 7) is 4.01. The van der Waals surface area contributed by atoms with E-state index in [1.165, 1.54) is 20.0 Å². The Morgan fingerprint density at radius 1 is 1.62 bits per heavy atom. The lowest BCUT2D eigenvalue weighted by atomic mass is 10.1. The van der Waals surface area contributed by atoms with E-state index in [2.05, 4.69) is 17.0 Å². The number of nitrogens with one attached hydrogen (secondary N) is 1. The SMILES string of the molecule is CCC(NC(C)C(=O)OC)C1CC1. The van der Waals surface area contributed by atoms with Crippen molar-refractivity contribution >= 4 is 5.97 Å². The Labute approximate surface area is 79.8 Å². The van der Waals surface area contributed by atoms with Crippen molar-refractivity contribution < 1.29 is 9.53 Å². The van der Waals surface area contributed by atoms with Crippen molar-refractivity contribution in [2.75, 3.05) is 7.11 Å². The summed E-state index contributed by atoms with van der Waals surface area (Å²) < 4.78 is 4.66. The van der Waals surface area contributed by atoms with E-state index in [0.717, 1.165) is 12.3 Å². The van der Waals surface area contributed by atoms with Gasteiger partial charge in [0.25, 0.3) is 0 Å².